The van der Waals surface area contributed by atoms with Gasteiger partial charge in [0.15, 0.2) is 0 Å². The van der Waals surface area contributed by atoms with E-state index in [4.69, 9.17) is 9.47 Å². The Bertz CT molecular complexity index is 304. The molecule has 0 heterocycles. The van der Waals surface area contributed by atoms with Crippen LogP contribution >= 0.6 is 0 Å². The lowest BCUT2D eigenvalue weighted by atomic mass is 10.0. The van der Waals surface area contributed by atoms with Crippen molar-refractivity contribution in [3.8, 4) is 0 Å². The van der Waals surface area contributed by atoms with Gasteiger partial charge in [0.2, 0.25) is 0 Å². The molecule has 110 valence electrons. The van der Waals surface area contributed by atoms with Crippen LogP contribution in [0.5, 0.6) is 0 Å². The van der Waals surface area contributed by atoms with Crippen LogP contribution in [0.2, 0.25) is 0 Å². The molecule has 0 unspecified atom stereocenters. The van der Waals surface area contributed by atoms with E-state index in [1.807, 2.05) is 26.8 Å². The summed E-state index contributed by atoms with van der Waals surface area (Å²) < 4.78 is 11.3. The topological polar surface area (TPSA) is 35.5 Å². The lowest BCUT2D eigenvalue weighted by molar-refractivity contribution is -0.160. The number of unbranched alkanes of at least 4 members (excludes halogenated alkanes) is 1. The van der Waals surface area contributed by atoms with Crippen LogP contribution in [0.15, 0.2) is 12.7 Å². The van der Waals surface area contributed by atoms with Crippen LogP contribution in [-0.4, -0.2) is 24.3 Å². The highest BCUT2D eigenvalue weighted by atomic mass is 16.6. The molecule has 0 saturated heterocycles. The van der Waals surface area contributed by atoms with Crippen molar-refractivity contribution >= 4 is 5.97 Å². The van der Waals surface area contributed by atoms with Crippen LogP contribution in [0, 0.1) is 11.8 Å². The van der Waals surface area contributed by atoms with Crippen LogP contribution in [-0.2, 0) is 14.3 Å². The normalized spacial score (nSPS) is 27.3. The van der Waals surface area contributed by atoms with Crippen molar-refractivity contribution in [1.82, 2.24) is 0 Å². The first-order chi connectivity index (χ1) is 8.87. The number of hydrogen-bond acceptors (Lipinski definition) is 3. The van der Waals surface area contributed by atoms with Gasteiger partial charge in [-0.2, -0.15) is 0 Å². The minimum Gasteiger partial charge on any atom is -0.460 e. The SMILES string of the molecule is C=C[C@@H]1C[C@H](C(=O)OC(C)(C)C)C[C@@H]1OCCCC. The number of carbonyl (C=O) groups is 1. The summed E-state index contributed by atoms with van der Waals surface area (Å²) in [6.45, 7) is 12.5. The van der Waals surface area contributed by atoms with E-state index in [9.17, 15) is 4.79 Å². The van der Waals surface area contributed by atoms with Crippen molar-refractivity contribution in [3.05, 3.63) is 12.7 Å². The number of hydrogen-bond donors (Lipinski definition) is 0. The molecule has 0 aromatic heterocycles. The second-order valence-electron chi connectivity index (χ2n) is 6.36. The number of rotatable bonds is 6. The zero-order chi connectivity index (χ0) is 14.5. The Morgan fingerprint density at radius 1 is 1.37 bits per heavy atom. The van der Waals surface area contributed by atoms with E-state index in [-0.39, 0.29) is 23.9 Å². The van der Waals surface area contributed by atoms with E-state index in [0.717, 1.165) is 32.3 Å². The Morgan fingerprint density at radius 3 is 2.58 bits per heavy atom. The summed E-state index contributed by atoms with van der Waals surface area (Å²) in [6.07, 6.45) is 5.80. The summed E-state index contributed by atoms with van der Waals surface area (Å²) in [5.41, 5.74) is -0.415. The molecule has 1 fully saturated rings. The molecule has 0 bridgehead atoms. The van der Waals surface area contributed by atoms with Gasteiger partial charge in [-0.1, -0.05) is 19.4 Å². The highest BCUT2D eigenvalue weighted by molar-refractivity contribution is 5.73. The predicted molar refractivity (Wildman–Crippen MR) is 76.9 cm³/mol. The molecule has 19 heavy (non-hydrogen) atoms. The van der Waals surface area contributed by atoms with Gasteiger partial charge in [-0.3, -0.25) is 4.79 Å². The second-order valence-corrected chi connectivity index (χ2v) is 6.36. The van der Waals surface area contributed by atoms with E-state index >= 15 is 0 Å². The fourth-order valence-electron chi connectivity index (χ4n) is 2.43. The second kappa shape index (κ2) is 7.09. The first kappa shape index (κ1) is 16.2. The standard InChI is InChI=1S/C16H28O3/c1-6-8-9-18-14-11-13(10-12(14)7-2)15(17)19-16(3,4)5/h7,12-14H,2,6,8-11H2,1,3-5H3/t12-,13+,14+/m1/s1. The van der Waals surface area contributed by atoms with Crippen molar-refractivity contribution in [2.45, 2.75) is 65.1 Å². The zero-order valence-corrected chi connectivity index (χ0v) is 12.8. The number of carbonyl (C=O) groups excluding carboxylic acids is 1. The average Bonchev–Trinajstić information content (AvgIpc) is 2.70. The fourth-order valence-corrected chi connectivity index (χ4v) is 2.43. The van der Waals surface area contributed by atoms with Crippen LogP contribution in [0.1, 0.15) is 53.4 Å². The molecular weight excluding hydrogens is 240 g/mol. The van der Waals surface area contributed by atoms with E-state index in [0.29, 0.717) is 0 Å². The van der Waals surface area contributed by atoms with Crippen LogP contribution in [0.4, 0.5) is 0 Å². The molecule has 0 amide bonds. The maximum Gasteiger partial charge on any atom is 0.309 e. The van der Waals surface area contributed by atoms with Gasteiger partial charge in [-0.25, -0.2) is 0 Å². The van der Waals surface area contributed by atoms with Crippen molar-refractivity contribution in [3.63, 3.8) is 0 Å². The Balaban J connectivity index is 2.51. The molecule has 1 aliphatic rings. The van der Waals surface area contributed by atoms with Crippen molar-refractivity contribution in [2.75, 3.05) is 6.61 Å². The highest BCUT2D eigenvalue weighted by Crippen LogP contribution is 2.35. The van der Waals surface area contributed by atoms with Crippen LogP contribution in [0.3, 0.4) is 0 Å². The molecule has 0 radical (unpaired) electrons. The Hall–Kier alpha value is -0.830. The van der Waals surface area contributed by atoms with Gasteiger partial charge in [-0.15, -0.1) is 6.58 Å². The first-order valence-corrected chi connectivity index (χ1v) is 7.34. The minimum atomic E-state index is -0.415. The summed E-state index contributed by atoms with van der Waals surface area (Å²) in [5.74, 6) is 0.129. The Labute approximate surface area is 117 Å². The third-order valence-corrected chi connectivity index (χ3v) is 3.42. The maximum atomic E-state index is 12.1. The third kappa shape index (κ3) is 5.35. The van der Waals surface area contributed by atoms with Gasteiger partial charge < -0.3 is 9.47 Å². The highest BCUT2D eigenvalue weighted by Gasteiger charge is 2.38. The van der Waals surface area contributed by atoms with Gasteiger partial charge >= 0.3 is 5.97 Å². The molecule has 3 heteroatoms. The lowest BCUT2D eigenvalue weighted by Crippen LogP contribution is -2.28. The summed E-state index contributed by atoms with van der Waals surface area (Å²) in [7, 11) is 0. The summed E-state index contributed by atoms with van der Waals surface area (Å²) in [5, 5.41) is 0. The zero-order valence-electron chi connectivity index (χ0n) is 12.8. The molecule has 1 saturated carbocycles. The molecule has 1 aliphatic carbocycles. The smallest absolute Gasteiger partial charge is 0.309 e. The van der Waals surface area contributed by atoms with E-state index in [1.165, 1.54) is 0 Å². The summed E-state index contributed by atoms with van der Waals surface area (Å²) in [4.78, 5) is 12.1. The van der Waals surface area contributed by atoms with Crippen molar-refractivity contribution < 1.29 is 14.3 Å². The van der Waals surface area contributed by atoms with Crippen molar-refractivity contribution in [2.24, 2.45) is 11.8 Å². The molecule has 3 nitrogen and oxygen atoms in total. The molecule has 0 N–H and O–H groups in total. The largest absolute Gasteiger partial charge is 0.460 e. The predicted octanol–water partition coefficient (Wildman–Crippen LogP) is 3.73. The molecule has 0 spiro atoms. The summed E-state index contributed by atoms with van der Waals surface area (Å²) in [6, 6.07) is 0. The number of esters is 1. The third-order valence-electron chi connectivity index (χ3n) is 3.42. The molecule has 1 rings (SSSR count). The van der Waals surface area contributed by atoms with E-state index < -0.39 is 5.60 Å². The molecule has 0 aromatic rings. The maximum absolute atomic E-state index is 12.1. The van der Waals surface area contributed by atoms with Gasteiger partial charge in [0.25, 0.3) is 0 Å². The molecule has 0 aliphatic heterocycles. The summed E-state index contributed by atoms with van der Waals surface area (Å²) >= 11 is 0. The Kier molecular flexibility index (Phi) is 6.05. The Morgan fingerprint density at radius 2 is 2.05 bits per heavy atom. The monoisotopic (exact) mass is 268 g/mol. The van der Waals surface area contributed by atoms with E-state index in [2.05, 4.69) is 13.5 Å². The van der Waals surface area contributed by atoms with Crippen LogP contribution in [0.25, 0.3) is 0 Å². The first-order valence-electron chi connectivity index (χ1n) is 7.34. The average molecular weight is 268 g/mol. The molecule has 0 aromatic carbocycles. The van der Waals surface area contributed by atoms with Crippen LogP contribution < -0.4 is 0 Å². The van der Waals surface area contributed by atoms with Gasteiger partial charge in [0, 0.05) is 12.5 Å². The number of ether oxygens (including phenoxy) is 2. The lowest BCUT2D eigenvalue weighted by Gasteiger charge is -2.22. The van der Waals surface area contributed by atoms with Gasteiger partial charge in [0.05, 0.1) is 12.0 Å². The van der Waals surface area contributed by atoms with Gasteiger partial charge in [-0.05, 0) is 40.0 Å². The quantitative estimate of drug-likeness (QED) is 0.418. The molecular formula is C16H28O3. The van der Waals surface area contributed by atoms with Crippen molar-refractivity contribution in [1.29, 1.82) is 0 Å². The van der Waals surface area contributed by atoms with E-state index in [1.54, 1.807) is 0 Å². The minimum absolute atomic E-state index is 0.0474. The molecule has 3 atom stereocenters. The fraction of sp³-hybridized carbons (Fsp3) is 0.812. The van der Waals surface area contributed by atoms with Gasteiger partial charge in [0.1, 0.15) is 5.60 Å².